The fraction of sp³-hybridized carbons (Fsp3) is 0.211. The Morgan fingerprint density at radius 1 is 1.12 bits per heavy atom. The number of aromatic nitrogens is 3. The van der Waals surface area contributed by atoms with Gasteiger partial charge in [0.25, 0.3) is 5.91 Å². The minimum absolute atomic E-state index is 0.0754. The van der Waals surface area contributed by atoms with E-state index in [1.54, 1.807) is 0 Å². The van der Waals surface area contributed by atoms with Gasteiger partial charge in [-0.05, 0) is 42.5 Å². The smallest absolute Gasteiger partial charge is 0.264 e. The van der Waals surface area contributed by atoms with Crippen LogP contribution < -0.4 is 10.1 Å². The first kappa shape index (κ1) is 15.4. The first-order valence-corrected chi connectivity index (χ1v) is 8.30. The van der Waals surface area contributed by atoms with Gasteiger partial charge < -0.3 is 4.74 Å². The van der Waals surface area contributed by atoms with Crippen molar-refractivity contribution in [3.8, 4) is 17.1 Å². The number of aromatic amines is 1. The Hall–Kier alpha value is -3.15. The molecule has 1 amide bonds. The lowest BCUT2D eigenvalue weighted by Crippen LogP contribution is -2.20. The fourth-order valence-electron chi connectivity index (χ4n) is 2.99. The molecule has 6 heteroatoms. The number of rotatable bonds is 5. The number of anilines is 1. The van der Waals surface area contributed by atoms with Gasteiger partial charge in [-0.1, -0.05) is 36.4 Å². The average molecular weight is 334 g/mol. The van der Waals surface area contributed by atoms with Crippen molar-refractivity contribution in [3.05, 3.63) is 59.7 Å². The van der Waals surface area contributed by atoms with E-state index < -0.39 is 0 Å². The van der Waals surface area contributed by atoms with Crippen molar-refractivity contribution in [2.75, 3.05) is 11.9 Å². The lowest BCUT2D eigenvalue weighted by atomic mass is 10.1. The van der Waals surface area contributed by atoms with Gasteiger partial charge in [0, 0.05) is 5.56 Å². The Morgan fingerprint density at radius 2 is 1.96 bits per heavy atom. The molecule has 0 bridgehead atoms. The predicted octanol–water partition coefficient (Wildman–Crippen LogP) is 2.98. The van der Waals surface area contributed by atoms with E-state index in [0.29, 0.717) is 5.82 Å². The highest BCUT2D eigenvalue weighted by molar-refractivity contribution is 5.90. The van der Waals surface area contributed by atoms with E-state index in [-0.39, 0.29) is 18.5 Å². The third-order valence-electron chi connectivity index (χ3n) is 4.22. The molecule has 1 aromatic heterocycles. The quantitative estimate of drug-likeness (QED) is 0.752. The van der Waals surface area contributed by atoms with Crippen molar-refractivity contribution < 1.29 is 9.53 Å². The Bertz CT molecular complexity index is 889. The van der Waals surface area contributed by atoms with Gasteiger partial charge in [0.2, 0.25) is 5.95 Å². The van der Waals surface area contributed by atoms with Crippen molar-refractivity contribution in [2.24, 2.45) is 0 Å². The van der Waals surface area contributed by atoms with Gasteiger partial charge in [0.15, 0.2) is 12.4 Å². The summed E-state index contributed by atoms with van der Waals surface area (Å²) in [5, 5.41) is 9.46. The number of carbonyl (C=O) groups excluding carboxylic acids is 1. The molecule has 0 saturated carbocycles. The number of benzene rings is 2. The number of fused-ring (bicyclic) bond motifs is 1. The molecule has 0 spiro atoms. The maximum absolute atomic E-state index is 12.0. The molecule has 1 heterocycles. The second kappa shape index (κ2) is 6.76. The summed E-state index contributed by atoms with van der Waals surface area (Å²) in [6.45, 7) is -0.0754. The van der Waals surface area contributed by atoms with E-state index in [4.69, 9.17) is 4.74 Å². The van der Waals surface area contributed by atoms with E-state index in [0.717, 1.165) is 24.2 Å². The van der Waals surface area contributed by atoms with Gasteiger partial charge in [0.1, 0.15) is 5.75 Å². The number of amides is 1. The fourth-order valence-corrected chi connectivity index (χ4v) is 2.99. The zero-order valence-corrected chi connectivity index (χ0v) is 13.7. The number of nitrogens with zero attached hydrogens (tertiary/aromatic N) is 2. The van der Waals surface area contributed by atoms with Gasteiger partial charge in [-0.3, -0.25) is 15.2 Å². The largest absolute Gasteiger partial charge is 0.484 e. The second-order valence-electron chi connectivity index (χ2n) is 5.99. The molecule has 0 aliphatic heterocycles. The van der Waals surface area contributed by atoms with Crippen molar-refractivity contribution in [1.82, 2.24) is 15.2 Å². The Balaban J connectivity index is 1.34. The van der Waals surface area contributed by atoms with Gasteiger partial charge in [0.05, 0.1) is 0 Å². The van der Waals surface area contributed by atoms with E-state index in [1.165, 1.54) is 17.5 Å². The molecule has 2 N–H and O–H groups in total. The number of aryl methyl sites for hydroxylation is 2. The van der Waals surface area contributed by atoms with Crippen molar-refractivity contribution in [2.45, 2.75) is 19.3 Å². The van der Waals surface area contributed by atoms with Gasteiger partial charge in [-0.2, -0.15) is 4.98 Å². The molecule has 0 atom stereocenters. The van der Waals surface area contributed by atoms with Crippen LogP contribution in [0.4, 0.5) is 5.95 Å². The maximum atomic E-state index is 12.0. The summed E-state index contributed by atoms with van der Waals surface area (Å²) in [5.41, 5.74) is 3.61. The highest BCUT2D eigenvalue weighted by Crippen LogP contribution is 2.26. The van der Waals surface area contributed by atoms with Crippen LogP contribution in [0.1, 0.15) is 17.5 Å². The van der Waals surface area contributed by atoms with Crippen LogP contribution in [-0.2, 0) is 17.6 Å². The molecule has 6 nitrogen and oxygen atoms in total. The summed E-state index contributed by atoms with van der Waals surface area (Å²) in [5.74, 6) is 1.27. The molecule has 2 aromatic carbocycles. The molecule has 126 valence electrons. The summed E-state index contributed by atoms with van der Waals surface area (Å²) in [7, 11) is 0. The van der Waals surface area contributed by atoms with Crippen LogP contribution >= 0.6 is 0 Å². The minimum atomic E-state index is -0.292. The molecular weight excluding hydrogens is 316 g/mol. The van der Waals surface area contributed by atoms with Gasteiger partial charge in [-0.15, -0.1) is 5.10 Å². The zero-order chi connectivity index (χ0) is 17.1. The molecule has 0 fully saturated rings. The first-order valence-electron chi connectivity index (χ1n) is 8.30. The predicted molar refractivity (Wildman–Crippen MR) is 94.4 cm³/mol. The van der Waals surface area contributed by atoms with E-state index in [2.05, 4.69) is 26.6 Å². The summed E-state index contributed by atoms with van der Waals surface area (Å²) in [6.07, 6.45) is 3.40. The van der Waals surface area contributed by atoms with Crippen LogP contribution in [0.25, 0.3) is 11.4 Å². The lowest BCUT2D eigenvalue weighted by Gasteiger charge is -2.07. The topological polar surface area (TPSA) is 79.9 Å². The monoisotopic (exact) mass is 334 g/mol. The summed E-state index contributed by atoms with van der Waals surface area (Å²) in [4.78, 5) is 16.3. The standard InChI is InChI=1S/C19H18N4O2/c24-17(12-25-16-10-9-13-7-4-8-15(13)11-16)20-19-21-18(22-23-19)14-5-2-1-3-6-14/h1-3,5-6,9-11H,4,7-8,12H2,(H2,20,21,22,23,24). The average Bonchev–Trinajstić information content (AvgIpc) is 3.29. The summed E-state index contributed by atoms with van der Waals surface area (Å²) >= 11 is 0. The SMILES string of the molecule is O=C(COc1ccc2c(c1)CCC2)Nc1n[nH]c(-c2ccccc2)n1. The minimum Gasteiger partial charge on any atom is -0.484 e. The first-order chi connectivity index (χ1) is 12.3. The van der Waals surface area contributed by atoms with Crippen molar-refractivity contribution >= 4 is 11.9 Å². The molecule has 1 aliphatic carbocycles. The molecule has 0 saturated heterocycles. The number of carbonyl (C=O) groups is 1. The third-order valence-corrected chi connectivity index (χ3v) is 4.22. The van der Waals surface area contributed by atoms with E-state index >= 15 is 0 Å². The van der Waals surface area contributed by atoms with Gasteiger partial charge >= 0.3 is 0 Å². The van der Waals surface area contributed by atoms with E-state index in [1.807, 2.05) is 42.5 Å². The van der Waals surface area contributed by atoms with Crippen LogP contribution in [0.3, 0.4) is 0 Å². The normalized spacial score (nSPS) is 12.6. The Morgan fingerprint density at radius 3 is 2.84 bits per heavy atom. The number of ether oxygens (including phenoxy) is 1. The highest BCUT2D eigenvalue weighted by atomic mass is 16.5. The summed E-state index contributed by atoms with van der Waals surface area (Å²) < 4.78 is 5.58. The van der Waals surface area contributed by atoms with Crippen LogP contribution in [0.2, 0.25) is 0 Å². The molecule has 3 aromatic rings. The zero-order valence-electron chi connectivity index (χ0n) is 13.7. The molecule has 0 radical (unpaired) electrons. The molecule has 4 rings (SSSR count). The van der Waals surface area contributed by atoms with Crippen LogP contribution in [0.15, 0.2) is 48.5 Å². The summed E-state index contributed by atoms with van der Waals surface area (Å²) in [6, 6.07) is 15.6. The highest BCUT2D eigenvalue weighted by Gasteiger charge is 2.13. The molecule has 25 heavy (non-hydrogen) atoms. The van der Waals surface area contributed by atoms with Crippen molar-refractivity contribution in [3.63, 3.8) is 0 Å². The lowest BCUT2D eigenvalue weighted by molar-refractivity contribution is -0.118. The van der Waals surface area contributed by atoms with E-state index in [9.17, 15) is 4.79 Å². The Kier molecular flexibility index (Phi) is 4.16. The van der Waals surface area contributed by atoms with Crippen LogP contribution in [0.5, 0.6) is 5.75 Å². The van der Waals surface area contributed by atoms with Gasteiger partial charge in [-0.25, -0.2) is 0 Å². The molecule has 0 unspecified atom stereocenters. The second-order valence-corrected chi connectivity index (χ2v) is 5.99. The van der Waals surface area contributed by atoms with Crippen LogP contribution in [-0.4, -0.2) is 27.7 Å². The molecule has 1 aliphatic rings. The third kappa shape index (κ3) is 3.52. The molecular formula is C19H18N4O2. The number of hydrogen-bond donors (Lipinski definition) is 2. The number of nitrogens with one attached hydrogen (secondary N) is 2. The van der Waals surface area contributed by atoms with Crippen LogP contribution in [0, 0.1) is 0 Å². The number of H-pyrrole nitrogens is 1. The Labute approximate surface area is 145 Å². The van der Waals surface area contributed by atoms with Crippen molar-refractivity contribution in [1.29, 1.82) is 0 Å². The maximum Gasteiger partial charge on any atom is 0.264 e. The number of hydrogen-bond acceptors (Lipinski definition) is 4.